The molecule has 2 aliphatic carbocycles. The summed E-state index contributed by atoms with van der Waals surface area (Å²) >= 11 is 0. The number of hydrogen-bond acceptors (Lipinski definition) is 0. The molecule has 4 rings (SSSR count). The van der Waals surface area contributed by atoms with Crippen molar-refractivity contribution in [3.8, 4) is 11.1 Å². The molecule has 1 spiro atoms. The molecule has 0 nitrogen and oxygen atoms in total. The third-order valence-corrected chi connectivity index (χ3v) is 6.44. The average Bonchev–Trinajstić information content (AvgIpc) is 2.89. The first-order valence-electron chi connectivity index (χ1n) is 8.69. The van der Waals surface area contributed by atoms with E-state index in [1.54, 1.807) is 22.3 Å². The van der Waals surface area contributed by atoms with Crippen molar-refractivity contribution >= 4 is 0 Å². The summed E-state index contributed by atoms with van der Waals surface area (Å²) in [4.78, 5) is 0. The van der Waals surface area contributed by atoms with Crippen LogP contribution in [-0.4, -0.2) is 0 Å². The minimum Gasteiger partial charge on any atom is -0.0587 e. The first-order chi connectivity index (χ1) is 10.5. The molecule has 0 heteroatoms. The van der Waals surface area contributed by atoms with Gasteiger partial charge in [0.1, 0.15) is 0 Å². The highest BCUT2D eigenvalue weighted by atomic mass is 14.5. The molecule has 0 unspecified atom stereocenters. The van der Waals surface area contributed by atoms with Crippen LogP contribution in [0.3, 0.4) is 0 Å². The predicted octanol–water partition coefficient (Wildman–Crippen LogP) is 5.86. The Bertz CT molecular complexity index is 743. The fraction of sp³-hybridized carbons (Fsp3) is 0.455. The quantitative estimate of drug-likeness (QED) is 0.617. The molecule has 2 aromatic rings. The maximum absolute atomic E-state index is 2.36. The Kier molecular flexibility index (Phi) is 3.01. The highest BCUT2D eigenvalue weighted by Gasteiger charge is 2.43. The van der Waals surface area contributed by atoms with Gasteiger partial charge in [-0.25, -0.2) is 0 Å². The first-order valence-corrected chi connectivity index (χ1v) is 8.69. The van der Waals surface area contributed by atoms with Crippen molar-refractivity contribution in [2.45, 2.75) is 59.8 Å². The zero-order valence-corrected chi connectivity index (χ0v) is 14.3. The lowest BCUT2D eigenvalue weighted by atomic mass is 9.67. The Labute approximate surface area is 134 Å². The summed E-state index contributed by atoms with van der Waals surface area (Å²) < 4.78 is 0. The molecular formula is C22H26. The second-order valence-electron chi connectivity index (χ2n) is 7.78. The van der Waals surface area contributed by atoms with E-state index in [2.05, 4.69) is 52.0 Å². The van der Waals surface area contributed by atoms with Gasteiger partial charge in [0.15, 0.2) is 0 Å². The van der Waals surface area contributed by atoms with Crippen LogP contribution in [0.15, 0.2) is 24.3 Å². The van der Waals surface area contributed by atoms with Crippen LogP contribution < -0.4 is 0 Å². The number of fused-ring (bicyclic) bond motifs is 1. The molecule has 0 N–H and O–H groups in total. The van der Waals surface area contributed by atoms with Gasteiger partial charge in [0.2, 0.25) is 0 Å². The predicted molar refractivity (Wildman–Crippen MR) is 94.5 cm³/mol. The number of aryl methyl sites for hydroxylation is 1. The van der Waals surface area contributed by atoms with Gasteiger partial charge in [-0.05, 0) is 97.7 Å². The Morgan fingerprint density at radius 2 is 1.32 bits per heavy atom. The lowest BCUT2D eigenvalue weighted by Gasteiger charge is -2.38. The molecule has 0 aliphatic heterocycles. The molecule has 0 heterocycles. The smallest absolute Gasteiger partial charge is 0.0120 e. The van der Waals surface area contributed by atoms with Crippen molar-refractivity contribution in [1.29, 1.82) is 0 Å². The van der Waals surface area contributed by atoms with Gasteiger partial charge >= 0.3 is 0 Å². The standard InChI is InChI=1S/C22H26/c1-14-6-8-18(9-7-14)21-16(3)15(2)19-12-22(10-5-11-22)13-20(19)17(21)4/h6-9H,5,10-13H2,1-4H3. The summed E-state index contributed by atoms with van der Waals surface area (Å²) in [6.07, 6.45) is 6.99. The van der Waals surface area contributed by atoms with Crippen molar-refractivity contribution in [2.24, 2.45) is 5.41 Å². The van der Waals surface area contributed by atoms with E-state index in [1.807, 2.05) is 0 Å². The van der Waals surface area contributed by atoms with Crippen LogP contribution >= 0.6 is 0 Å². The van der Waals surface area contributed by atoms with E-state index in [0.717, 1.165) is 0 Å². The van der Waals surface area contributed by atoms with Gasteiger partial charge in [0, 0.05) is 0 Å². The van der Waals surface area contributed by atoms with E-state index in [1.165, 1.54) is 54.4 Å². The summed E-state index contributed by atoms with van der Waals surface area (Å²) in [7, 11) is 0. The summed E-state index contributed by atoms with van der Waals surface area (Å²) in [5.74, 6) is 0. The van der Waals surface area contributed by atoms with E-state index in [9.17, 15) is 0 Å². The lowest BCUT2D eigenvalue weighted by molar-refractivity contribution is 0.149. The van der Waals surface area contributed by atoms with Crippen molar-refractivity contribution in [3.63, 3.8) is 0 Å². The maximum Gasteiger partial charge on any atom is -0.0120 e. The minimum atomic E-state index is 0.635. The van der Waals surface area contributed by atoms with Gasteiger partial charge < -0.3 is 0 Å². The molecule has 1 fully saturated rings. The van der Waals surface area contributed by atoms with Crippen LogP contribution in [0.25, 0.3) is 11.1 Å². The normalized spacial score (nSPS) is 18.4. The molecule has 0 atom stereocenters. The molecular weight excluding hydrogens is 264 g/mol. The molecule has 0 saturated heterocycles. The molecule has 0 amide bonds. The van der Waals surface area contributed by atoms with Crippen molar-refractivity contribution in [3.05, 3.63) is 57.6 Å². The van der Waals surface area contributed by atoms with Crippen LogP contribution in [0.4, 0.5) is 0 Å². The summed E-state index contributed by atoms with van der Waals surface area (Å²) in [5, 5.41) is 0. The SMILES string of the molecule is Cc1ccc(-c2c(C)c(C)c3c(c2C)CC2(CCC2)C3)cc1. The Hall–Kier alpha value is -1.56. The van der Waals surface area contributed by atoms with E-state index >= 15 is 0 Å². The second-order valence-corrected chi connectivity index (χ2v) is 7.78. The second kappa shape index (κ2) is 4.72. The highest BCUT2D eigenvalue weighted by Crippen LogP contribution is 2.54. The largest absolute Gasteiger partial charge is 0.0587 e. The topological polar surface area (TPSA) is 0 Å². The molecule has 2 aliphatic rings. The Balaban J connectivity index is 1.90. The third kappa shape index (κ3) is 1.89. The Morgan fingerprint density at radius 1 is 0.727 bits per heavy atom. The molecule has 2 aromatic carbocycles. The summed E-state index contributed by atoms with van der Waals surface area (Å²) in [6, 6.07) is 9.07. The van der Waals surface area contributed by atoms with Crippen LogP contribution in [0.5, 0.6) is 0 Å². The molecule has 22 heavy (non-hydrogen) atoms. The molecule has 0 aromatic heterocycles. The van der Waals surface area contributed by atoms with Crippen molar-refractivity contribution in [1.82, 2.24) is 0 Å². The van der Waals surface area contributed by atoms with Gasteiger partial charge in [0.25, 0.3) is 0 Å². The van der Waals surface area contributed by atoms with Crippen LogP contribution in [0.1, 0.15) is 52.6 Å². The van der Waals surface area contributed by atoms with Crippen molar-refractivity contribution < 1.29 is 0 Å². The minimum absolute atomic E-state index is 0.635. The Morgan fingerprint density at radius 3 is 1.86 bits per heavy atom. The fourth-order valence-electron chi connectivity index (χ4n) is 4.77. The summed E-state index contributed by atoms with van der Waals surface area (Å²) in [5.41, 5.74) is 12.8. The molecule has 114 valence electrons. The van der Waals surface area contributed by atoms with E-state index in [0.29, 0.717) is 5.41 Å². The molecule has 1 saturated carbocycles. The van der Waals surface area contributed by atoms with E-state index in [4.69, 9.17) is 0 Å². The van der Waals surface area contributed by atoms with Crippen molar-refractivity contribution in [2.75, 3.05) is 0 Å². The van der Waals surface area contributed by atoms with Crippen LogP contribution in [-0.2, 0) is 12.8 Å². The van der Waals surface area contributed by atoms with Gasteiger partial charge in [-0.1, -0.05) is 36.2 Å². The summed E-state index contributed by atoms with van der Waals surface area (Å²) in [6.45, 7) is 9.20. The highest BCUT2D eigenvalue weighted by molar-refractivity contribution is 5.75. The number of hydrogen-bond donors (Lipinski definition) is 0. The fourth-order valence-corrected chi connectivity index (χ4v) is 4.77. The zero-order valence-electron chi connectivity index (χ0n) is 14.3. The van der Waals surface area contributed by atoms with E-state index in [-0.39, 0.29) is 0 Å². The van der Waals surface area contributed by atoms with Crippen LogP contribution in [0, 0.1) is 33.1 Å². The third-order valence-electron chi connectivity index (χ3n) is 6.44. The number of rotatable bonds is 1. The monoisotopic (exact) mass is 290 g/mol. The molecule has 0 bridgehead atoms. The number of benzene rings is 2. The average molecular weight is 290 g/mol. The van der Waals surface area contributed by atoms with Gasteiger partial charge in [-0.2, -0.15) is 0 Å². The van der Waals surface area contributed by atoms with E-state index < -0.39 is 0 Å². The van der Waals surface area contributed by atoms with Gasteiger partial charge in [-0.15, -0.1) is 0 Å². The van der Waals surface area contributed by atoms with Gasteiger partial charge in [-0.3, -0.25) is 0 Å². The van der Waals surface area contributed by atoms with Gasteiger partial charge in [0.05, 0.1) is 0 Å². The van der Waals surface area contributed by atoms with Crippen LogP contribution in [0.2, 0.25) is 0 Å². The zero-order chi connectivity index (χ0) is 15.5. The molecule has 0 radical (unpaired) electrons. The maximum atomic E-state index is 2.36. The lowest BCUT2D eigenvalue weighted by Crippen LogP contribution is -2.29. The first kappa shape index (κ1) is 14.1.